The second-order valence-electron chi connectivity index (χ2n) is 6.77. The lowest BCUT2D eigenvalue weighted by Crippen LogP contribution is -2.30. The molecule has 2 aromatic carbocycles. The Labute approximate surface area is 145 Å². The summed E-state index contributed by atoms with van der Waals surface area (Å²) in [4.78, 5) is 31.7. The average Bonchev–Trinajstić information content (AvgIpc) is 3.10. The van der Waals surface area contributed by atoms with Crippen molar-refractivity contribution in [3.05, 3.63) is 58.9 Å². The molecule has 0 fully saturated rings. The number of imide groups is 1. The van der Waals surface area contributed by atoms with E-state index in [9.17, 15) is 9.59 Å². The van der Waals surface area contributed by atoms with Crippen LogP contribution in [0.1, 0.15) is 51.7 Å². The second kappa shape index (κ2) is 5.28. The predicted molar refractivity (Wildman–Crippen MR) is 97.2 cm³/mol. The molecule has 0 N–H and O–H groups in total. The molecular weight excluding hydrogens is 314 g/mol. The minimum atomic E-state index is -0.283. The zero-order valence-electron chi connectivity index (χ0n) is 14.7. The summed E-state index contributed by atoms with van der Waals surface area (Å²) < 4.78 is 2.06. The van der Waals surface area contributed by atoms with Crippen LogP contribution in [0.3, 0.4) is 0 Å². The van der Waals surface area contributed by atoms with Crippen LogP contribution in [0.15, 0.2) is 36.7 Å². The Morgan fingerprint density at radius 2 is 1.60 bits per heavy atom. The molecule has 126 valence electrons. The molecule has 2 heterocycles. The third kappa shape index (κ3) is 2.05. The maximum Gasteiger partial charge on any atom is 0.266 e. The first-order chi connectivity index (χ1) is 11.9. The summed E-state index contributed by atoms with van der Waals surface area (Å²) in [7, 11) is 0. The van der Waals surface area contributed by atoms with Crippen molar-refractivity contribution < 1.29 is 9.59 Å². The van der Waals surface area contributed by atoms with Gasteiger partial charge in [0.25, 0.3) is 11.8 Å². The highest BCUT2D eigenvalue weighted by atomic mass is 16.2. The Morgan fingerprint density at radius 3 is 2.16 bits per heavy atom. The molecule has 0 aliphatic carbocycles. The first-order valence-corrected chi connectivity index (χ1v) is 8.36. The van der Waals surface area contributed by atoms with E-state index in [0.717, 1.165) is 16.6 Å². The smallest absolute Gasteiger partial charge is 0.266 e. The summed E-state index contributed by atoms with van der Waals surface area (Å²) in [5.41, 5.74) is 5.05. The van der Waals surface area contributed by atoms with Crippen LogP contribution in [0.2, 0.25) is 0 Å². The van der Waals surface area contributed by atoms with E-state index in [0.29, 0.717) is 22.3 Å². The summed E-state index contributed by atoms with van der Waals surface area (Å²) >= 11 is 0. The molecule has 4 rings (SSSR count). The Kier molecular flexibility index (Phi) is 3.29. The van der Waals surface area contributed by atoms with Gasteiger partial charge in [-0.25, -0.2) is 9.88 Å². The summed E-state index contributed by atoms with van der Waals surface area (Å²) in [6.07, 6.45) is 1.77. The normalized spacial score (nSPS) is 14.0. The molecule has 5 heteroatoms. The summed E-state index contributed by atoms with van der Waals surface area (Å²) in [6.45, 7) is 8.09. The number of amides is 2. The molecule has 0 bridgehead atoms. The van der Waals surface area contributed by atoms with Crippen LogP contribution in [-0.2, 0) is 0 Å². The minimum absolute atomic E-state index is 0.238. The number of nitrogens with zero attached hydrogens (tertiary/aromatic N) is 3. The molecule has 0 spiro atoms. The van der Waals surface area contributed by atoms with Gasteiger partial charge in [0.2, 0.25) is 0 Å². The van der Waals surface area contributed by atoms with E-state index in [1.165, 1.54) is 4.90 Å². The van der Waals surface area contributed by atoms with Gasteiger partial charge in [0.1, 0.15) is 5.52 Å². The van der Waals surface area contributed by atoms with Crippen molar-refractivity contribution in [2.24, 2.45) is 0 Å². The minimum Gasteiger partial charge on any atom is -0.328 e. The highest BCUT2D eigenvalue weighted by Gasteiger charge is 2.38. The molecule has 0 unspecified atom stereocenters. The molecule has 1 aliphatic heterocycles. The van der Waals surface area contributed by atoms with E-state index >= 15 is 0 Å². The highest BCUT2D eigenvalue weighted by molar-refractivity contribution is 6.36. The molecule has 25 heavy (non-hydrogen) atoms. The topological polar surface area (TPSA) is 55.2 Å². The third-order valence-corrected chi connectivity index (χ3v) is 4.93. The van der Waals surface area contributed by atoms with Gasteiger partial charge in [-0.15, -0.1) is 0 Å². The van der Waals surface area contributed by atoms with E-state index < -0.39 is 0 Å². The van der Waals surface area contributed by atoms with Crippen LogP contribution >= 0.6 is 0 Å². The predicted octanol–water partition coefficient (Wildman–Crippen LogP) is 4.03. The number of rotatable bonds is 2. The summed E-state index contributed by atoms with van der Waals surface area (Å²) in [5, 5.41) is 0. The number of hydrogen-bond acceptors (Lipinski definition) is 3. The number of carbonyl (C=O) groups is 2. The first kappa shape index (κ1) is 15.6. The number of fused-ring (bicyclic) bond motifs is 2. The maximum atomic E-state index is 12.9. The fraction of sp³-hybridized carbons (Fsp3) is 0.250. The fourth-order valence-electron chi connectivity index (χ4n) is 3.45. The van der Waals surface area contributed by atoms with Crippen LogP contribution in [0.25, 0.3) is 11.0 Å². The van der Waals surface area contributed by atoms with E-state index in [-0.39, 0.29) is 17.9 Å². The van der Waals surface area contributed by atoms with Gasteiger partial charge in [0.15, 0.2) is 0 Å². The first-order valence-electron chi connectivity index (χ1n) is 8.36. The van der Waals surface area contributed by atoms with Gasteiger partial charge in [-0.05, 0) is 57.0 Å². The van der Waals surface area contributed by atoms with Gasteiger partial charge < -0.3 is 4.57 Å². The average molecular weight is 333 g/mol. The van der Waals surface area contributed by atoms with Gasteiger partial charge >= 0.3 is 0 Å². The van der Waals surface area contributed by atoms with E-state index in [1.54, 1.807) is 30.6 Å². The van der Waals surface area contributed by atoms with Gasteiger partial charge in [-0.3, -0.25) is 9.59 Å². The molecule has 0 saturated carbocycles. The molecule has 0 radical (unpaired) electrons. The number of benzene rings is 2. The van der Waals surface area contributed by atoms with Gasteiger partial charge in [-0.1, -0.05) is 12.1 Å². The number of aromatic nitrogens is 2. The number of anilines is 1. The quantitative estimate of drug-likeness (QED) is 0.665. The SMILES string of the molecule is Cc1cc2c(ncn2C(C)C)c(N2C(=O)c3ccccc3C2=O)c1C. The van der Waals surface area contributed by atoms with Gasteiger partial charge in [-0.2, -0.15) is 0 Å². The van der Waals surface area contributed by atoms with Gasteiger partial charge in [0.05, 0.1) is 28.7 Å². The van der Waals surface area contributed by atoms with Crippen molar-refractivity contribution in [2.45, 2.75) is 33.7 Å². The molecule has 3 aromatic rings. The van der Waals surface area contributed by atoms with Gasteiger partial charge in [0, 0.05) is 6.04 Å². The van der Waals surface area contributed by atoms with Crippen molar-refractivity contribution in [3.8, 4) is 0 Å². The van der Waals surface area contributed by atoms with Crippen LogP contribution < -0.4 is 4.90 Å². The van der Waals surface area contributed by atoms with Crippen molar-refractivity contribution in [1.82, 2.24) is 9.55 Å². The maximum absolute atomic E-state index is 12.9. The Bertz CT molecular complexity index is 1010. The van der Waals surface area contributed by atoms with E-state index in [2.05, 4.69) is 29.5 Å². The van der Waals surface area contributed by atoms with Crippen LogP contribution in [0, 0.1) is 13.8 Å². The van der Waals surface area contributed by atoms with Crippen LogP contribution in [0.4, 0.5) is 5.69 Å². The Balaban J connectivity index is 2.01. The zero-order chi connectivity index (χ0) is 17.9. The van der Waals surface area contributed by atoms with Crippen molar-refractivity contribution in [2.75, 3.05) is 4.90 Å². The van der Waals surface area contributed by atoms with Crippen molar-refractivity contribution in [1.29, 1.82) is 0 Å². The van der Waals surface area contributed by atoms with E-state index in [4.69, 9.17) is 0 Å². The zero-order valence-corrected chi connectivity index (χ0v) is 14.7. The standard InChI is InChI=1S/C20H19N3O2/c1-11(2)22-10-21-17-16(22)9-12(3)13(4)18(17)23-19(24)14-7-5-6-8-15(14)20(23)25/h5-11H,1-4H3. The lowest BCUT2D eigenvalue weighted by Gasteiger charge is -2.19. The van der Waals surface area contributed by atoms with Crippen molar-refractivity contribution in [3.63, 3.8) is 0 Å². The molecule has 5 nitrogen and oxygen atoms in total. The summed E-state index contributed by atoms with van der Waals surface area (Å²) in [6, 6.07) is 9.26. The Morgan fingerprint density at radius 1 is 1.00 bits per heavy atom. The largest absolute Gasteiger partial charge is 0.328 e. The molecule has 1 aromatic heterocycles. The molecule has 0 atom stereocenters. The number of imidazole rings is 1. The van der Waals surface area contributed by atoms with Crippen molar-refractivity contribution >= 4 is 28.5 Å². The van der Waals surface area contributed by atoms with Crippen LogP contribution in [-0.4, -0.2) is 21.4 Å². The lowest BCUT2D eigenvalue weighted by molar-refractivity contribution is 0.0926. The molecular formula is C20H19N3O2. The number of aryl methyl sites for hydroxylation is 1. The van der Waals surface area contributed by atoms with Crippen LogP contribution in [0.5, 0.6) is 0 Å². The highest BCUT2D eigenvalue weighted by Crippen LogP contribution is 2.37. The fourth-order valence-corrected chi connectivity index (χ4v) is 3.45. The second-order valence-corrected chi connectivity index (χ2v) is 6.77. The monoisotopic (exact) mass is 333 g/mol. The molecule has 1 aliphatic rings. The molecule has 0 saturated heterocycles. The third-order valence-electron chi connectivity index (χ3n) is 4.93. The Hall–Kier alpha value is -2.95. The lowest BCUT2D eigenvalue weighted by atomic mass is 10.0. The summed E-state index contributed by atoms with van der Waals surface area (Å²) in [5.74, 6) is -0.565. The number of hydrogen-bond donors (Lipinski definition) is 0. The number of carbonyl (C=O) groups excluding carboxylic acids is 2. The van der Waals surface area contributed by atoms with E-state index in [1.807, 2.05) is 13.8 Å². The molecule has 2 amide bonds.